The largest absolute Gasteiger partial charge is 0.481 e. The van der Waals surface area contributed by atoms with Crippen LogP contribution >= 0.6 is 0 Å². The summed E-state index contributed by atoms with van der Waals surface area (Å²) in [6.45, 7) is 0.568. The molecule has 3 fully saturated rings. The van der Waals surface area contributed by atoms with E-state index in [1.54, 1.807) is 4.90 Å². The predicted octanol–water partition coefficient (Wildman–Crippen LogP) is 2.76. The molecule has 2 saturated heterocycles. The van der Waals surface area contributed by atoms with Gasteiger partial charge in [-0.05, 0) is 38.2 Å². The molecule has 3 aliphatic rings. The molecule has 2 N–H and O–H groups in total. The summed E-state index contributed by atoms with van der Waals surface area (Å²) in [4.78, 5) is 32.9. The molecule has 1 spiro atoms. The highest BCUT2D eigenvalue weighted by Crippen LogP contribution is 2.50. The highest BCUT2D eigenvalue weighted by atomic mass is 19.3. The van der Waals surface area contributed by atoms with E-state index in [4.69, 9.17) is 4.74 Å². The average Bonchev–Trinajstić information content (AvgIpc) is 3.27. The van der Waals surface area contributed by atoms with Gasteiger partial charge in [0.1, 0.15) is 5.69 Å². The van der Waals surface area contributed by atoms with Crippen LogP contribution in [0.15, 0.2) is 18.3 Å². The van der Waals surface area contributed by atoms with Gasteiger partial charge in [0.05, 0.1) is 19.0 Å². The Morgan fingerprint density at radius 2 is 2.00 bits per heavy atom. The van der Waals surface area contributed by atoms with Crippen molar-refractivity contribution in [2.45, 2.75) is 56.4 Å². The second kappa shape index (κ2) is 9.92. The zero-order valence-corrected chi connectivity index (χ0v) is 20.2. The minimum atomic E-state index is -3.08. The van der Waals surface area contributed by atoms with Crippen molar-refractivity contribution in [3.05, 3.63) is 29.8 Å². The van der Waals surface area contributed by atoms with Crippen molar-refractivity contribution in [2.24, 2.45) is 5.92 Å². The third-order valence-corrected chi connectivity index (χ3v) is 7.59. The first kappa shape index (κ1) is 25.4. The summed E-state index contributed by atoms with van der Waals surface area (Å²) < 4.78 is 58.2. The van der Waals surface area contributed by atoms with Gasteiger partial charge in [0.25, 0.3) is 12.3 Å². The normalized spacial score (nSPS) is 23.9. The van der Waals surface area contributed by atoms with Gasteiger partial charge in [-0.25, -0.2) is 22.5 Å². The highest BCUT2D eigenvalue weighted by molar-refractivity contribution is 5.94. The third-order valence-electron chi connectivity index (χ3n) is 7.59. The van der Waals surface area contributed by atoms with E-state index in [1.807, 2.05) is 0 Å². The van der Waals surface area contributed by atoms with E-state index in [1.165, 1.54) is 19.2 Å². The lowest BCUT2D eigenvalue weighted by atomic mass is 9.87. The smallest absolute Gasteiger partial charge is 0.282 e. The first-order chi connectivity index (χ1) is 17.7. The maximum absolute atomic E-state index is 14.3. The summed E-state index contributed by atoms with van der Waals surface area (Å²) in [6.07, 6.45) is -1.53. The van der Waals surface area contributed by atoms with Crippen molar-refractivity contribution in [2.75, 3.05) is 26.7 Å². The number of halogens is 4. The number of alkyl halides is 3. The summed E-state index contributed by atoms with van der Waals surface area (Å²) in [5, 5.41) is 9.68. The molecule has 0 aromatic carbocycles. The Labute approximate surface area is 210 Å². The molecule has 9 nitrogen and oxygen atoms in total. The summed E-state index contributed by atoms with van der Waals surface area (Å²) in [6, 6.07) is 2.50. The zero-order chi connectivity index (χ0) is 26.3. The Morgan fingerprint density at radius 1 is 1.22 bits per heavy atom. The monoisotopic (exact) mass is 524 g/mol. The van der Waals surface area contributed by atoms with E-state index in [9.17, 15) is 27.2 Å². The van der Waals surface area contributed by atoms with Crippen molar-refractivity contribution in [3.8, 4) is 17.1 Å². The number of nitrogens with zero attached hydrogens (tertiary/aromatic N) is 4. The van der Waals surface area contributed by atoms with Crippen molar-refractivity contribution in [1.29, 1.82) is 0 Å². The van der Waals surface area contributed by atoms with E-state index in [-0.39, 0.29) is 59.7 Å². The quantitative estimate of drug-likeness (QED) is 0.427. The second-order valence-corrected chi connectivity index (χ2v) is 9.94. The van der Waals surface area contributed by atoms with Gasteiger partial charge in [-0.15, -0.1) is 0 Å². The number of pyridine rings is 1. The van der Waals surface area contributed by atoms with E-state index in [0.29, 0.717) is 25.8 Å². The number of likely N-dealkylation sites (tertiary alicyclic amines) is 2. The minimum Gasteiger partial charge on any atom is -0.481 e. The molecule has 2 aliphatic heterocycles. The maximum atomic E-state index is 14.3. The summed E-state index contributed by atoms with van der Waals surface area (Å²) in [5.74, 6) is -1.17. The first-order valence-corrected chi connectivity index (χ1v) is 12.2. The van der Waals surface area contributed by atoms with Gasteiger partial charge in [0.2, 0.25) is 18.1 Å². The first-order valence-electron chi connectivity index (χ1n) is 12.2. The molecule has 3 unspecified atom stereocenters. The van der Waals surface area contributed by atoms with Gasteiger partial charge >= 0.3 is 0 Å². The fraction of sp³-hybridized carbons (Fsp3) is 0.583. The molecule has 1 saturated carbocycles. The van der Waals surface area contributed by atoms with E-state index in [0.717, 1.165) is 23.9 Å². The predicted molar refractivity (Wildman–Crippen MR) is 123 cm³/mol. The van der Waals surface area contributed by atoms with Crippen LogP contribution in [0.3, 0.4) is 0 Å². The number of methoxy groups -OCH3 is 1. The molecule has 0 radical (unpaired) electrons. The molecule has 200 valence electrons. The van der Waals surface area contributed by atoms with Crippen LogP contribution in [0.1, 0.15) is 42.6 Å². The molecule has 1 aliphatic carbocycles. The van der Waals surface area contributed by atoms with Crippen LogP contribution in [0, 0.1) is 11.7 Å². The second-order valence-electron chi connectivity index (χ2n) is 9.94. The summed E-state index contributed by atoms with van der Waals surface area (Å²) >= 11 is 0. The molecule has 2 amide bonds. The number of rotatable bonds is 7. The molecule has 2 aromatic heterocycles. The fourth-order valence-electron chi connectivity index (χ4n) is 5.40. The van der Waals surface area contributed by atoms with Crippen LogP contribution in [0.25, 0.3) is 11.3 Å². The van der Waals surface area contributed by atoms with Crippen molar-refractivity contribution in [3.63, 3.8) is 0 Å². The fourth-order valence-corrected chi connectivity index (χ4v) is 5.40. The van der Waals surface area contributed by atoms with Crippen molar-refractivity contribution < 1.29 is 31.9 Å². The van der Waals surface area contributed by atoms with Crippen LogP contribution in [-0.4, -0.2) is 87.8 Å². The molecular formula is C24H28F4N6O3. The van der Waals surface area contributed by atoms with Gasteiger partial charge in [-0.1, -0.05) is 0 Å². The summed E-state index contributed by atoms with van der Waals surface area (Å²) in [7, 11) is 1.41. The number of hydrogen-bond donors (Lipinski definition) is 2. The summed E-state index contributed by atoms with van der Waals surface area (Å²) in [5.41, 5.74) is 0.172. The van der Waals surface area contributed by atoms with Gasteiger partial charge in [0, 0.05) is 48.8 Å². The minimum absolute atomic E-state index is 0.0474. The van der Waals surface area contributed by atoms with Gasteiger partial charge in [0.15, 0.2) is 5.82 Å². The Bertz CT molecular complexity index is 1170. The van der Waals surface area contributed by atoms with Crippen LogP contribution < -0.4 is 10.1 Å². The molecule has 37 heavy (non-hydrogen) atoms. The van der Waals surface area contributed by atoms with E-state index in [2.05, 4.69) is 20.5 Å². The number of ether oxygens (including phenoxy) is 1. The SMILES string of the molecule is COc1cc(-c2cc(C(=O)N3CCC(C(=O)NC4CCN(C(F)C(F)F)C4)CC34CC4)[nH]n2)c(F)cn1. The maximum Gasteiger partial charge on any atom is 0.282 e. The molecule has 3 atom stereocenters. The Kier molecular flexibility index (Phi) is 6.82. The van der Waals surface area contributed by atoms with E-state index < -0.39 is 24.1 Å². The van der Waals surface area contributed by atoms with Crippen LogP contribution in [0.2, 0.25) is 0 Å². The molecule has 0 bridgehead atoms. The van der Waals surface area contributed by atoms with Gasteiger partial charge < -0.3 is 15.0 Å². The number of piperidine rings is 1. The Balaban J connectivity index is 1.21. The van der Waals surface area contributed by atoms with Crippen LogP contribution in [-0.2, 0) is 4.79 Å². The Morgan fingerprint density at radius 3 is 2.70 bits per heavy atom. The van der Waals surface area contributed by atoms with Crippen molar-refractivity contribution >= 4 is 11.8 Å². The number of carbonyl (C=O) groups excluding carboxylic acids is 2. The zero-order valence-electron chi connectivity index (χ0n) is 20.2. The molecule has 2 aromatic rings. The van der Waals surface area contributed by atoms with Crippen LogP contribution in [0.5, 0.6) is 5.88 Å². The molecule has 5 rings (SSSR count). The molecule has 13 heteroatoms. The van der Waals surface area contributed by atoms with Crippen LogP contribution in [0.4, 0.5) is 17.6 Å². The molecular weight excluding hydrogens is 496 g/mol. The van der Waals surface area contributed by atoms with Gasteiger partial charge in [-0.2, -0.15) is 5.10 Å². The lowest BCUT2D eigenvalue weighted by Crippen LogP contribution is -2.52. The number of carbonyl (C=O) groups is 2. The number of hydrogen-bond acceptors (Lipinski definition) is 6. The average molecular weight is 525 g/mol. The standard InChI is InChI=1S/C24H28F4N6O3/c1-37-19-8-15(16(25)11-29-19)17-9-18(32-31-17)23(36)34-7-2-13(10-24(34)4-5-24)22(35)30-14-3-6-33(12-14)21(28)20(26)27/h8-9,11,13-14,20-21H,2-7,10,12H2,1H3,(H,30,35)(H,31,32). The van der Waals surface area contributed by atoms with E-state index >= 15 is 0 Å². The Hall–Kier alpha value is -3.22. The topological polar surface area (TPSA) is 103 Å². The highest BCUT2D eigenvalue weighted by Gasteiger charge is 2.54. The number of aromatic nitrogens is 3. The third kappa shape index (κ3) is 5.00. The van der Waals surface area contributed by atoms with Gasteiger partial charge in [-0.3, -0.25) is 19.6 Å². The number of nitrogens with one attached hydrogen (secondary N) is 2. The molecule has 4 heterocycles. The number of H-pyrrole nitrogens is 1. The lowest BCUT2D eigenvalue weighted by molar-refractivity contribution is -0.128. The lowest BCUT2D eigenvalue weighted by Gasteiger charge is -2.39. The number of amides is 2. The number of aromatic amines is 1. The van der Waals surface area contributed by atoms with Crippen molar-refractivity contribution in [1.82, 2.24) is 30.3 Å².